The van der Waals surface area contributed by atoms with E-state index in [0.29, 0.717) is 37.5 Å². The van der Waals surface area contributed by atoms with Gasteiger partial charge in [-0.1, -0.05) is 0 Å². The SMILES string of the molecule is CC1CCCN1C1CCN(c2ccc(N3CCC4(CCOCC4)C3=O)c(F)c2)CC1. The summed E-state index contributed by atoms with van der Waals surface area (Å²) in [4.78, 5) is 19.7. The van der Waals surface area contributed by atoms with E-state index in [-0.39, 0.29) is 17.1 Å². The Bertz CT molecular complexity index is 787. The molecule has 4 heterocycles. The van der Waals surface area contributed by atoms with E-state index < -0.39 is 0 Å². The van der Waals surface area contributed by atoms with Crippen LogP contribution in [0.1, 0.15) is 51.9 Å². The number of ether oxygens (including phenoxy) is 1. The molecule has 4 fully saturated rings. The quantitative estimate of drug-likeness (QED) is 0.752. The van der Waals surface area contributed by atoms with E-state index in [1.807, 2.05) is 12.1 Å². The number of piperidine rings is 1. The number of amides is 1. The molecular weight excluding hydrogens is 381 g/mol. The first kappa shape index (κ1) is 20.3. The van der Waals surface area contributed by atoms with Crippen molar-refractivity contribution in [3.8, 4) is 0 Å². The van der Waals surface area contributed by atoms with Gasteiger partial charge in [-0.3, -0.25) is 9.69 Å². The largest absolute Gasteiger partial charge is 0.381 e. The summed E-state index contributed by atoms with van der Waals surface area (Å²) in [5, 5.41) is 0. The molecule has 5 nitrogen and oxygen atoms in total. The Hall–Kier alpha value is -1.66. The summed E-state index contributed by atoms with van der Waals surface area (Å²) in [6, 6.07) is 6.82. The molecule has 1 aromatic carbocycles. The lowest BCUT2D eigenvalue weighted by Crippen LogP contribution is -2.46. The molecule has 0 aliphatic carbocycles. The molecule has 4 aliphatic rings. The number of carbonyl (C=O) groups is 1. The van der Waals surface area contributed by atoms with Gasteiger partial charge < -0.3 is 14.5 Å². The van der Waals surface area contributed by atoms with E-state index in [4.69, 9.17) is 4.74 Å². The van der Waals surface area contributed by atoms with Crippen LogP contribution < -0.4 is 9.80 Å². The molecule has 1 atom stereocenters. The average Bonchev–Trinajstić information content (AvgIpc) is 3.33. The van der Waals surface area contributed by atoms with Gasteiger partial charge in [0.1, 0.15) is 5.82 Å². The van der Waals surface area contributed by atoms with E-state index in [2.05, 4.69) is 16.7 Å². The molecule has 5 rings (SSSR count). The predicted octanol–water partition coefficient (Wildman–Crippen LogP) is 3.81. The summed E-state index contributed by atoms with van der Waals surface area (Å²) in [6.45, 7) is 7.38. The molecule has 0 aromatic heterocycles. The van der Waals surface area contributed by atoms with Gasteiger partial charge >= 0.3 is 0 Å². The van der Waals surface area contributed by atoms with Crippen molar-refractivity contribution < 1.29 is 13.9 Å². The van der Waals surface area contributed by atoms with Crippen LogP contribution >= 0.6 is 0 Å². The normalized spacial score (nSPS) is 28.1. The van der Waals surface area contributed by atoms with Crippen LogP contribution in [0.3, 0.4) is 0 Å². The first-order valence-corrected chi connectivity index (χ1v) is 11.8. The van der Waals surface area contributed by atoms with Gasteiger partial charge in [0, 0.05) is 50.6 Å². The van der Waals surface area contributed by atoms with E-state index in [1.54, 1.807) is 11.0 Å². The number of nitrogens with zero attached hydrogens (tertiary/aromatic N) is 3. The van der Waals surface area contributed by atoms with Crippen molar-refractivity contribution in [3.05, 3.63) is 24.0 Å². The second-order valence-corrected chi connectivity index (χ2v) is 9.68. The number of benzene rings is 1. The standard InChI is InChI=1S/C24H34FN3O2/c1-18-3-2-11-27(18)19-6-12-26(13-7-19)20-4-5-22(21(25)17-20)28-14-8-24(23(28)29)9-15-30-16-10-24/h4-5,17-19H,2-3,6-16H2,1H3. The van der Waals surface area contributed by atoms with Gasteiger partial charge in [0.05, 0.1) is 11.1 Å². The summed E-state index contributed by atoms with van der Waals surface area (Å²) in [7, 11) is 0. The monoisotopic (exact) mass is 415 g/mol. The highest BCUT2D eigenvalue weighted by atomic mass is 19.1. The Kier molecular flexibility index (Phi) is 5.48. The molecule has 1 spiro atoms. The third-order valence-electron chi connectivity index (χ3n) is 8.09. The highest BCUT2D eigenvalue weighted by Gasteiger charge is 2.48. The molecule has 6 heteroatoms. The molecule has 30 heavy (non-hydrogen) atoms. The van der Waals surface area contributed by atoms with Gasteiger partial charge in [-0.25, -0.2) is 4.39 Å². The number of carbonyl (C=O) groups excluding carboxylic acids is 1. The Balaban J connectivity index is 1.25. The van der Waals surface area contributed by atoms with E-state index in [9.17, 15) is 4.79 Å². The Morgan fingerprint density at radius 3 is 2.47 bits per heavy atom. The van der Waals surface area contributed by atoms with Crippen molar-refractivity contribution in [2.45, 2.75) is 64.0 Å². The van der Waals surface area contributed by atoms with Crippen molar-refractivity contribution in [1.82, 2.24) is 4.90 Å². The van der Waals surface area contributed by atoms with Crippen LogP contribution in [0.2, 0.25) is 0 Å². The van der Waals surface area contributed by atoms with Gasteiger partial charge in [-0.2, -0.15) is 0 Å². The first-order chi connectivity index (χ1) is 14.6. The summed E-state index contributed by atoms with van der Waals surface area (Å²) in [5.41, 5.74) is 1.04. The maximum absolute atomic E-state index is 15.1. The zero-order chi connectivity index (χ0) is 20.7. The molecule has 0 saturated carbocycles. The second-order valence-electron chi connectivity index (χ2n) is 9.68. The molecule has 0 N–H and O–H groups in total. The molecule has 164 valence electrons. The van der Waals surface area contributed by atoms with Crippen LogP contribution in [-0.2, 0) is 9.53 Å². The number of likely N-dealkylation sites (tertiary alicyclic amines) is 1. The zero-order valence-corrected chi connectivity index (χ0v) is 18.1. The van der Waals surface area contributed by atoms with Gasteiger partial charge in [0.2, 0.25) is 5.91 Å². The molecule has 4 aliphatic heterocycles. The number of hydrogen-bond donors (Lipinski definition) is 0. The highest BCUT2D eigenvalue weighted by molar-refractivity contribution is 6.00. The van der Waals surface area contributed by atoms with Crippen molar-refractivity contribution in [3.63, 3.8) is 0 Å². The van der Waals surface area contributed by atoms with E-state index in [1.165, 1.54) is 19.4 Å². The van der Waals surface area contributed by atoms with Gasteiger partial charge in [0.15, 0.2) is 0 Å². The van der Waals surface area contributed by atoms with Gasteiger partial charge in [-0.05, 0) is 76.6 Å². The number of halogens is 1. The number of hydrogen-bond acceptors (Lipinski definition) is 4. The highest BCUT2D eigenvalue weighted by Crippen LogP contribution is 2.43. The molecule has 1 aromatic rings. The maximum Gasteiger partial charge on any atom is 0.233 e. The van der Waals surface area contributed by atoms with E-state index >= 15 is 4.39 Å². The van der Waals surface area contributed by atoms with Crippen LogP contribution in [0, 0.1) is 11.2 Å². The third kappa shape index (κ3) is 3.52. The first-order valence-electron chi connectivity index (χ1n) is 11.8. The maximum atomic E-state index is 15.1. The van der Waals surface area contributed by atoms with Crippen LogP contribution in [0.25, 0.3) is 0 Å². The van der Waals surface area contributed by atoms with Gasteiger partial charge in [-0.15, -0.1) is 0 Å². The van der Waals surface area contributed by atoms with Crippen molar-refractivity contribution in [2.24, 2.45) is 5.41 Å². The van der Waals surface area contributed by atoms with Crippen molar-refractivity contribution in [1.29, 1.82) is 0 Å². The minimum absolute atomic E-state index is 0.0815. The lowest BCUT2D eigenvalue weighted by atomic mass is 9.79. The molecule has 4 saturated heterocycles. The van der Waals surface area contributed by atoms with Crippen molar-refractivity contribution >= 4 is 17.3 Å². The zero-order valence-electron chi connectivity index (χ0n) is 18.1. The lowest BCUT2D eigenvalue weighted by Gasteiger charge is -2.39. The molecular formula is C24H34FN3O2. The summed E-state index contributed by atoms with van der Waals surface area (Å²) < 4.78 is 20.6. The molecule has 1 amide bonds. The van der Waals surface area contributed by atoms with Crippen LogP contribution in [0.15, 0.2) is 18.2 Å². The summed E-state index contributed by atoms with van der Waals surface area (Å²) in [6.07, 6.45) is 7.23. The Morgan fingerprint density at radius 1 is 1.03 bits per heavy atom. The number of anilines is 2. The summed E-state index contributed by atoms with van der Waals surface area (Å²) >= 11 is 0. The fourth-order valence-electron chi connectivity index (χ4n) is 6.14. The molecule has 1 unspecified atom stereocenters. The van der Waals surface area contributed by atoms with E-state index in [0.717, 1.165) is 50.9 Å². The Morgan fingerprint density at radius 2 is 1.80 bits per heavy atom. The minimum Gasteiger partial charge on any atom is -0.381 e. The second kappa shape index (κ2) is 8.12. The van der Waals surface area contributed by atoms with Crippen molar-refractivity contribution in [2.75, 3.05) is 49.2 Å². The lowest BCUT2D eigenvalue weighted by molar-refractivity contribution is -0.130. The number of rotatable bonds is 3. The van der Waals surface area contributed by atoms with Crippen LogP contribution in [0.4, 0.5) is 15.8 Å². The average molecular weight is 416 g/mol. The topological polar surface area (TPSA) is 36.0 Å². The predicted molar refractivity (Wildman–Crippen MR) is 116 cm³/mol. The Labute approximate surface area is 179 Å². The summed E-state index contributed by atoms with van der Waals surface area (Å²) in [5.74, 6) is -0.196. The third-order valence-corrected chi connectivity index (χ3v) is 8.09. The van der Waals surface area contributed by atoms with Crippen LogP contribution in [0.5, 0.6) is 0 Å². The minimum atomic E-state index is -0.335. The fraction of sp³-hybridized carbons (Fsp3) is 0.708. The molecule has 0 radical (unpaired) electrons. The van der Waals surface area contributed by atoms with Gasteiger partial charge in [0.25, 0.3) is 0 Å². The fourth-order valence-corrected chi connectivity index (χ4v) is 6.14. The smallest absolute Gasteiger partial charge is 0.233 e. The van der Waals surface area contributed by atoms with Crippen LogP contribution in [-0.4, -0.2) is 62.3 Å². The molecule has 0 bridgehead atoms.